The first kappa shape index (κ1) is 15.2. The first-order valence-electron chi connectivity index (χ1n) is 8.53. The van der Waals surface area contributed by atoms with Gasteiger partial charge in [-0.15, -0.1) is 0 Å². The van der Waals surface area contributed by atoms with Gasteiger partial charge < -0.3 is 5.11 Å². The van der Waals surface area contributed by atoms with Gasteiger partial charge in [-0.05, 0) is 25.2 Å². The monoisotopic (exact) mass is 322 g/mol. The van der Waals surface area contributed by atoms with Crippen molar-refractivity contribution in [2.75, 3.05) is 0 Å². The van der Waals surface area contributed by atoms with Crippen molar-refractivity contribution in [2.24, 2.45) is 13.0 Å². The first-order chi connectivity index (χ1) is 11.5. The number of aliphatic hydroxyl groups is 1. The van der Waals surface area contributed by atoms with E-state index in [1.165, 1.54) is 16.8 Å². The van der Waals surface area contributed by atoms with Gasteiger partial charge in [-0.1, -0.05) is 37.3 Å². The first-order valence-corrected chi connectivity index (χ1v) is 8.53. The Labute approximate surface area is 141 Å². The predicted molar refractivity (Wildman–Crippen MR) is 92.8 cm³/mol. The van der Waals surface area contributed by atoms with Gasteiger partial charge in [0.25, 0.3) is 0 Å². The zero-order valence-electron chi connectivity index (χ0n) is 14.1. The van der Waals surface area contributed by atoms with Crippen molar-refractivity contribution < 1.29 is 9.90 Å². The minimum atomic E-state index is -0.180. The number of aliphatic hydroxyl groups excluding tert-OH is 1. The van der Waals surface area contributed by atoms with E-state index in [1.54, 1.807) is 0 Å². The number of rotatable bonds is 1. The van der Waals surface area contributed by atoms with Crippen molar-refractivity contribution in [2.45, 2.75) is 38.0 Å². The van der Waals surface area contributed by atoms with Crippen LogP contribution in [0.5, 0.6) is 0 Å². The predicted octanol–water partition coefficient (Wildman–Crippen LogP) is 3.71. The normalized spacial score (nSPS) is 27.8. The lowest BCUT2D eigenvalue weighted by Crippen LogP contribution is -2.43. The molecule has 1 saturated carbocycles. The molecule has 1 fully saturated rings. The Morgan fingerprint density at radius 2 is 2.08 bits per heavy atom. The Kier molecular flexibility index (Phi) is 3.37. The van der Waals surface area contributed by atoms with Crippen LogP contribution in [0, 0.1) is 5.92 Å². The van der Waals surface area contributed by atoms with E-state index in [2.05, 4.69) is 19.1 Å². The van der Waals surface area contributed by atoms with Crippen molar-refractivity contribution in [1.29, 1.82) is 0 Å². The second-order valence-corrected chi connectivity index (χ2v) is 7.28. The number of aryl methyl sites for hydroxylation is 1. The molecule has 24 heavy (non-hydrogen) atoms. The van der Waals surface area contributed by atoms with Gasteiger partial charge in [-0.25, -0.2) is 0 Å². The number of allylic oxidation sites excluding steroid dienone is 1. The molecule has 2 atom stereocenters. The minimum absolute atomic E-state index is 0.0858. The van der Waals surface area contributed by atoms with E-state index in [0.717, 1.165) is 24.8 Å². The lowest BCUT2D eigenvalue weighted by Gasteiger charge is -2.44. The highest BCUT2D eigenvalue weighted by Crippen LogP contribution is 2.51. The maximum Gasteiger partial charge on any atom is 0.162 e. The van der Waals surface area contributed by atoms with Gasteiger partial charge in [-0.3, -0.25) is 9.48 Å². The van der Waals surface area contributed by atoms with Crippen molar-refractivity contribution in [3.63, 3.8) is 0 Å². The standard InChI is InChI=1S/C20H22N2O2/c1-20-11-14(12-23)17(24)10-15(20)8-9-16-18(22(2)21-19(16)20)13-6-4-3-5-7-13/h3-7,12,15,23H,8-11H2,1-2H3/b14-12-. The third-order valence-corrected chi connectivity index (χ3v) is 5.88. The summed E-state index contributed by atoms with van der Waals surface area (Å²) in [5.74, 6) is 0.391. The lowest BCUT2D eigenvalue weighted by atomic mass is 9.59. The highest BCUT2D eigenvalue weighted by Gasteiger charge is 2.48. The fourth-order valence-electron chi connectivity index (χ4n) is 4.57. The Morgan fingerprint density at radius 1 is 1.33 bits per heavy atom. The van der Waals surface area contributed by atoms with E-state index in [4.69, 9.17) is 5.10 Å². The van der Waals surface area contributed by atoms with Crippen LogP contribution in [0.25, 0.3) is 11.3 Å². The molecule has 1 heterocycles. The van der Waals surface area contributed by atoms with E-state index >= 15 is 0 Å². The molecule has 4 rings (SSSR count). The number of aromatic nitrogens is 2. The van der Waals surface area contributed by atoms with Gasteiger partial charge in [0, 0.05) is 35.6 Å². The zero-order valence-corrected chi connectivity index (χ0v) is 14.1. The average Bonchev–Trinajstić information content (AvgIpc) is 2.93. The summed E-state index contributed by atoms with van der Waals surface area (Å²) < 4.78 is 1.98. The van der Waals surface area contributed by atoms with Crippen LogP contribution in [0.3, 0.4) is 0 Å². The molecule has 0 amide bonds. The summed E-state index contributed by atoms with van der Waals surface area (Å²) in [6.45, 7) is 2.20. The zero-order chi connectivity index (χ0) is 16.9. The fraction of sp³-hybridized carbons (Fsp3) is 0.400. The quantitative estimate of drug-likeness (QED) is 0.643. The van der Waals surface area contributed by atoms with Gasteiger partial charge >= 0.3 is 0 Å². The molecule has 0 saturated heterocycles. The number of carbonyl (C=O) groups is 1. The Balaban J connectivity index is 1.86. The molecule has 0 bridgehead atoms. The summed E-state index contributed by atoms with van der Waals surface area (Å²) >= 11 is 0. The summed E-state index contributed by atoms with van der Waals surface area (Å²) in [6, 6.07) is 10.4. The molecule has 2 aliphatic carbocycles. The topological polar surface area (TPSA) is 55.1 Å². The number of nitrogens with zero attached hydrogens (tertiary/aromatic N) is 2. The fourth-order valence-corrected chi connectivity index (χ4v) is 4.57. The number of carbonyl (C=O) groups excluding carboxylic acids is 1. The molecule has 124 valence electrons. The van der Waals surface area contributed by atoms with E-state index in [1.807, 2.05) is 29.9 Å². The van der Waals surface area contributed by atoms with Crippen LogP contribution in [0.2, 0.25) is 0 Å². The van der Waals surface area contributed by atoms with E-state index in [-0.39, 0.29) is 11.2 Å². The third kappa shape index (κ3) is 2.05. The highest BCUT2D eigenvalue weighted by molar-refractivity contribution is 5.96. The summed E-state index contributed by atoms with van der Waals surface area (Å²) in [5.41, 5.74) is 5.12. The van der Waals surface area contributed by atoms with Crippen LogP contribution in [-0.4, -0.2) is 20.7 Å². The van der Waals surface area contributed by atoms with Crippen LogP contribution in [0.15, 0.2) is 42.2 Å². The minimum Gasteiger partial charge on any atom is -0.515 e. The van der Waals surface area contributed by atoms with Crippen molar-refractivity contribution in [3.05, 3.63) is 53.4 Å². The molecule has 0 aliphatic heterocycles. The van der Waals surface area contributed by atoms with E-state index < -0.39 is 0 Å². The van der Waals surface area contributed by atoms with Crippen LogP contribution in [0.4, 0.5) is 0 Å². The number of Topliss-reactive ketones (excluding diaryl/α,β-unsaturated/α-hetero) is 1. The molecule has 2 unspecified atom stereocenters. The van der Waals surface area contributed by atoms with Crippen molar-refractivity contribution in [3.8, 4) is 11.3 Å². The summed E-state index contributed by atoms with van der Waals surface area (Å²) in [6.07, 6.45) is 4.04. The van der Waals surface area contributed by atoms with Gasteiger partial charge in [0.1, 0.15) is 0 Å². The van der Waals surface area contributed by atoms with E-state index in [9.17, 15) is 9.90 Å². The largest absolute Gasteiger partial charge is 0.515 e. The number of fused-ring (bicyclic) bond motifs is 3. The van der Waals surface area contributed by atoms with Crippen LogP contribution in [-0.2, 0) is 23.7 Å². The van der Waals surface area contributed by atoms with Crippen LogP contribution >= 0.6 is 0 Å². The number of benzene rings is 1. The van der Waals surface area contributed by atoms with Crippen molar-refractivity contribution >= 4 is 5.78 Å². The molecule has 2 aliphatic rings. The third-order valence-electron chi connectivity index (χ3n) is 5.88. The molecule has 1 aromatic carbocycles. The summed E-state index contributed by atoms with van der Waals surface area (Å²) in [7, 11) is 2.00. The molecular formula is C20H22N2O2. The molecule has 1 aromatic heterocycles. The summed E-state index contributed by atoms with van der Waals surface area (Å²) in [5, 5.41) is 14.3. The van der Waals surface area contributed by atoms with Crippen LogP contribution < -0.4 is 0 Å². The van der Waals surface area contributed by atoms with E-state index in [0.29, 0.717) is 24.3 Å². The lowest BCUT2D eigenvalue weighted by molar-refractivity contribution is -0.119. The SMILES string of the molecule is Cn1nc2c(c1-c1ccccc1)CCC1CC(=O)/C(=C\O)CC21C. The van der Waals surface area contributed by atoms with Crippen molar-refractivity contribution in [1.82, 2.24) is 9.78 Å². The number of hydrogen-bond acceptors (Lipinski definition) is 3. The molecule has 0 radical (unpaired) electrons. The smallest absolute Gasteiger partial charge is 0.162 e. The summed E-state index contributed by atoms with van der Waals surface area (Å²) in [4.78, 5) is 12.2. The molecule has 1 N–H and O–H groups in total. The van der Waals surface area contributed by atoms with Gasteiger partial charge in [0.05, 0.1) is 17.6 Å². The van der Waals surface area contributed by atoms with Gasteiger partial charge in [0.2, 0.25) is 0 Å². The second-order valence-electron chi connectivity index (χ2n) is 7.28. The number of ketones is 1. The van der Waals surface area contributed by atoms with Crippen LogP contribution in [0.1, 0.15) is 37.4 Å². The molecule has 4 nitrogen and oxygen atoms in total. The average molecular weight is 322 g/mol. The molecule has 2 aromatic rings. The van der Waals surface area contributed by atoms with Gasteiger partial charge in [0.15, 0.2) is 5.78 Å². The molecule has 4 heteroatoms. The maximum atomic E-state index is 12.2. The Hall–Kier alpha value is -2.36. The Bertz CT molecular complexity index is 835. The second kappa shape index (κ2) is 5.33. The number of hydrogen-bond donors (Lipinski definition) is 1. The van der Waals surface area contributed by atoms with Gasteiger partial charge in [-0.2, -0.15) is 5.10 Å². The Morgan fingerprint density at radius 3 is 2.79 bits per heavy atom. The molecular weight excluding hydrogens is 300 g/mol. The maximum absolute atomic E-state index is 12.2. The molecule has 0 spiro atoms. The highest BCUT2D eigenvalue weighted by atomic mass is 16.2.